The Kier molecular flexibility index (Phi) is 1.71. The van der Waals surface area contributed by atoms with E-state index in [9.17, 15) is 0 Å². The van der Waals surface area contributed by atoms with Crippen LogP contribution in [0.25, 0.3) is 0 Å². The van der Waals surface area contributed by atoms with Gasteiger partial charge >= 0.3 is 0 Å². The first-order valence-corrected chi connectivity index (χ1v) is 2.54. The summed E-state index contributed by atoms with van der Waals surface area (Å²) in [6.45, 7) is 0. The molecular formula is C7H5N2. The van der Waals surface area contributed by atoms with Gasteiger partial charge in [0.25, 0.3) is 0 Å². The Bertz CT molecular complexity index is 210. The Morgan fingerprint density at radius 1 is 1.44 bits per heavy atom. The first kappa shape index (κ1) is 5.64. The van der Waals surface area contributed by atoms with Gasteiger partial charge in [0.15, 0.2) is 6.19 Å². The van der Waals surface area contributed by atoms with Gasteiger partial charge in [0.1, 0.15) is 0 Å². The molecule has 0 fully saturated rings. The smallest absolute Gasteiger partial charge is 0.181 e. The minimum atomic E-state index is 0.802. The van der Waals surface area contributed by atoms with E-state index in [1.54, 1.807) is 24.3 Å². The van der Waals surface area contributed by atoms with E-state index in [1.807, 2.05) is 6.19 Å². The summed E-state index contributed by atoms with van der Waals surface area (Å²) in [6, 6.07) is 9.90. The highest BCUT2D eigenvalue weighted by Crippen LogP contribution is 2.01. The Morgan fingerprint density at radius 3 is 2.67 bits per heavy atom. The molecule has 0 aliphatic carbocycles. The zero-order valence-electron chi connectivity index (χ0n) is 4.76. The van der Waals surface area contributed by atoms with Gasteiger partial charge in [-0.05, 0) is 18.2 Å². The van der Waals surface area contributed by atoms with Crippen molar-refractivity contribution in [3.63, 3.8) is 0 Å². The first-order chi connectivity index (χ1) is 4.43. The molecule has 9 heavy (non-hydrogen) atoms. The summed E-state index contributed by atoms with van der Waals surface area (Å²) in [5.41, 5.74) is 0.802. The van der Waals surface area contributed by atoms with Crippen molar-refractivity contribution >= 4 is 5.69 Å². The number of rotatable bonds is 1. The van der Waals surface area contributed by atoms with E-state index in [4.69, 9.17) is 5.26 Å². The molecule has 1 N–H and O–H groups in total. The van der Waals surface area contributed by atoms with Crippen molar-refractivity contribution in [2.24, 2.45) is 0 Å². The van der Waals surface area contributed by atoms with E-state index in [2.05, 4.69) is 11.4 Å². The molecule has 0 spiro atoms. The van der Waals surface area contributed by atoms with Gasteiger partial charge in [-0.25, -0.2) is 0 Å². The summed E-state index contributed by atoms with van der Waals surface area (Å²) in [5.74, 6) is 0. The second kappa shape index (κ2) is 2.73. The van der Waals surface area contributed by atoms with Crippen molar-refractivity contribution in [2.45, 2.75) is 0 Å². The molecule has 0 atom stereocenters. The van der Waals surface area contributed by atoms with Crippen LogP contribution in [-0.2, 0) is 0 Å². The van der Waals surface area contributed by atoms with Gasteiger partial charge in [0.2, 0.25) is 0 Å². The second-order valence-electron chi connectivity index (χ2n) is 1.53. The SMILES string of the molecule is N#CNc1cc[c]cc1. The number of hydrogen-bond acceptors (Lipinski definition) is 2. The zero-order chi connectivity index (χ0) is 6.53. The van der Waals surface area contributed by atoms with E-state index in [1.165, 1.54) is 0 Å². The maximum absolute atomic E-state index is 8.15. The minimum absolute atomic E-state index is 0.802. The van der Waals surface area contributed by atoms with Crippen LogP contribution in [0, 0.1) is 17.5 Å². The summed E-state index contributed by atoms with van der Waals surface area (Å²) in [5, 5.41) is 10.6. The van der Waals surface area contributed by atoms with Gasteiger partial charge in [-0.3, -0.25) is 5.32 Å². The lowest BCUT2D eigenvalue weighted by atomic mass is 10.3. The van der Waals surface area contributed by atoms with Crippen LogP contribution in [0.4, 0.5) is 5.69 Å². The molecule has 0 aromatic heterocycles. The average Bonchev–Trinajstić information content (AvgIpc) is 1.91. The van der Waals surface area contributed by atoms with Gasteiger partial charge in [-0.1, -0.05) is 12.1 Å². The lowest BCUT2D eigenvalue weighted by Crippen LogP contribution is -1.84. The molecule has 2 heteroatoms. The van der Waals surface area contributed by atoms with E-state index in [-0.39, 0.29) is 0 Å². The van der Waals surface area contributed by atoms with Crippen molar-refractivity contribution in [2.75, 3.05) is 5.32 Å². The average molecular weight is 117 g/mol. The quantitative estimate of drug-likeness (QED) is 0.445. The Hall–Kier alpha value is -1.49. The topological polar surface area (TPSA) is 35.8 Å². The molecule has 2 nitrogen and oxygen atoms in total. The largest absolute Gasteiger partial charge is 0.293 e. The fourth-order valence-electron chi connectivity index (χ4n) is 0.535. The van der Waals surface area contributed by atoms with Crippen LogP contribution in [0.15, 0.2) is 24.3 Å². The number of nitrogens with zero attached hydrogens (tertiary/aromatic N) is 1. The molecule has 0 heterocycles. The van der Waals surface area contributed by atoms with Crippen molar-refractivity contribution in [1.29, 1.82) is 5.26 Å². The number of benzene rings is 1. The minimum Gasteiger partial charge on any atom is -0.293 e. The van der Waals surface area contributed by atoms with E-state index in [0.29, 0.717) is 0 Å². The van der Waals surface area contributed by atoms with Gasteiger partial charge in [-0.2, -0.15) is 5.26 Å². The predicted octanol–water partition coefficient (Wildman–Crippen LogP) is 1.38. The van der Waals surface area contributed by atoms with Gasteiger partial charge in [-0.15, -0.1) is 0 Å². The second-order valence-corrected chi connectivity index (χ2v) is 1.53. The molecule has 1 aromatic carbocycles. The molecule has 1 aromatic rings. The summed E-state index contributed by atoms with van der Waals surface area (Å²) in [7, 11) is 0. The van der Waals surface area contributed by atoms with E-state index < -0.39 is 0 Å². The molecular weight excluding hydrogens is 112 g/mol. The standard InChI is InChI=1S/C7H5N2/c8-6-9-7-4-2-1-3-5-7/h2-5,9H. The monoisotopic (exact) mass is 117 g/mol. The zero-order valence-corrected chi connectivity index (χ0v) is 4.76. The highest BCUT2D eigenvalue weighted by Gasteiger charge is 1.82. The fourth-order valence-corrected chi connectivity index (χ4v) is 0.535. The third-order valence-corrected chi connectivity index (χ3v) is 0.918. The Morgan fingerprint density at radius 2 is 2.11 bits per heavy atom. The molecule has 0 amide bonds. The van der Waals surface area contributed by atoms with Gasteiger partial charge < -0.3 is 0 Å². The maximum atomic E-state index is 8.15. The van der Waals surface area contributed by atoms with Crippen LogP contribution < -0.4 is 5.32 Å². The van der Waals surface area contributed by atoms with Crippen molar-refractivity contribution in [1.82, 2.24) is 0 Å². The normalized spacial score (nSPS) is 7.89. The van der Waals surface area contributed by atoms with Crippen molar-refractivity contribution in [3.8, 4) is 6.19 Å². The number of hydrogen-bond donors (Lipinski definition) is 1. The Labute approximate surface area is 53.7 Å². The van der Waals surface area contributed by atoms with Crippen LogP contribution in [0.3, 0.4) is 0 Å². The van der Waals surface area contributed by atoms with Crippen LogP contribution in [0.2, 0.25) is 0 Å². The molecule has 0 aliphatic heterocycles. The summed E-state index contributed by atoms with van der Waals surface area (Å²) in [6.07, 6.45) is 1.82. The summed E-state index contributed by atoms with van der Waals surface area (Å²) >= 11 is 0. The van der Waals surface area contributed by atoms with Gasteiger partial charge in [0.05, 0.1) is 0 Å². The van der Waals surface area contributed by atoms with Crippen LogP contribution in [-0.4, -0.2) is 0 Å². The first-order valence-electron chi connectivity index (χ1n) is 2.54. The van der Waals surface area contributed by atoms with E-state index >= 15 is 0 Å². The Balaban J connectivity index is 2.76. The molecule has 43 valence electrons. The van der Waals surface area contributed by atoms with Gasteiger partial charge in [0, 0.05) is 5.69 Å². The number of anilines is 1. The maximum Gasteiger partial charge on any atom is 0.181 e. The lowest BCUT2D eigenvalue weighted by Gasteiger charge is -1.91. The van der Waals surface area contributed by atoms with Crippen molar-refractivity contribution in [3.05, 3.63) is 30.3 Å². The van der Waals surface area contributed by atoms with Crippen molar-refractivity contribution < 1.29 is 0 Å². The number of nitriles is 1. The molecule has 0 saturated heterocycles. The van der Waals surface area contributed by atoms with Crippen LogP contribution in [0.5, 0.6) is 0 Å². The molecule has 0 unspecified atom stereocenters. The van der Waals surface area contributed by atoms with Crippen LogP contribution in [0.1, 0.15) is 0 Å². The molecule has 0 saturated carbocycles. The molecule has 1 rings (SSSR count). The lowest BCUT2D eigenvalue weighted by molar-refractivity contribution is 1.47. The van der Waals surface area contributed by atoms with E-state index in [0.717, 1.165) is 5.69 Å². The molecule has 1 radical (unpaired) electrons. The summed E-state index contributed by atoms with van der Waals surface area (Å²) in [4.78, 5) is 0. The summed E-state index contributed by atoms with van der Waals surface area (Å²) < 4.78 is 0. The molecule has 0 aliphatic rings. The predicted molar refractivity (Wildman–Crippen MR) is 34.5 cm³/mol. The number of nitrogens with one attached hydrogen (secondary N) is 1. The fraction of sp³-hybridized carbons (Fsp3) is 0. The third kappa shape index (κ3) is 1.46. The highest BCUT2D eigenvalue weighted by molar-refractivity contribution is 5.45. The molecule has 0 bridgehead atoms. The van der Waals surface area contributed by atoms with Crippen LogP contribution >= 0.6 is 0 Å². The highest BCUT2D eigenvalue weighted by atomic mass is 14.9. The third-order valence-electron chi connectivity index (χ3n) is 0.918.